The van der Waals surface area contributed by atoms with Crippen molar-refractivity contribution in [1.29, 1.82) is 0 Å². The maximum atomic E-state index is 12.8. The third-order valence-electron chi connectivity index (χ3n) is 3.95. The molecule has 3 N–H and O–H groups in total. The monoisotopic (exact) mass is 380 g/mol. The molecule has 2 rings (SSSR count). The number of benzene rings is 2. The van der Waals surface area contributed by atoms with Gasteiger partial charge in [-0.05, 0) is 36.1 Å². The first-order valence-electron chi connectivity index (χ1n) is 9.03. The Kier molecular flexibility index (Phi) is 7.51. The summed E-state index contributed by atoms with van der Waals surface area (Å²) in [6.45, 7) is 3.75. The van der Waals surface area contributed by atoms with Gasteiger partial charge in [0.1, 0.15) is 11.7 Å². The standard InChI is InChI=1S/C22H24N2O4/c1-15(2)13-19(22(27)28)24-21(26)18(14-16-9-5-3-6-10-16)23-20(25)17-11-7-4-8-12-17/h3-12,14-15,19H,13H2,1-2H3,(H,23,25)(H,24,26)(H,27,28)/b18-14-/t19-/m0/s1. The third-order valence-corrected chi connectivity index (χ3v) is 3.95. The van der Waals surface area contributed by atoms with E-state index in [1.807, 2.05) is 19.9 Å². The van der Waals surface area contributed by atoms with Crippen LogP contribution in [0.3, 0.4) is 0 Å². The lowest BCUT2D eigenvalue weighted by atomic mass is 10.0. The average Bonchev–Trinajstić information content (AvgIpc) is 2.68. The zero-order valence-corrected chi connectivity index (χ0v) is 15.9. The molecule has 146 valence electrons. The second-order valence-electron chi connectivity index (χ2n) is 6.78. The van der Waals surface area contributed by atoms with E-state index in [9.17, 15) is 19.5 Å². The predicted molar refractivity (Wildman–Crippen MR) is 107 cm³/mol. The number of carboxylic acid groups (broad SMARTS) is 1. The minimum atomic E-state index is -1.12. The van der Waals surface area contributed by atoms with Crippen LogP contribution in [-0.2, 0) is 9.59 Å². The molecular formula is C22H24N2O4. The molecule has 0 radical (unpaired) electrons. The maximum absolute atomic E-state index is 12.8. The van der Waals surface area contributed by atoms with Gasteiger partial charge in [0.15, 0.2) is 0 Å². The van der Waals surface area contributed by atoms with Crippen LogP contribution in [0.2, 0.25) is 0 Å². The van der Waals surface area contributed by atoms with Crippen LogP contribution in [0.25, 0.3) is 6.08 Å². The quantitative estimate of drug-likeness (QED) is 0.613. The molecule has 0 heterocycles. The fourth-order valence-electron chi connectivity index (χ4n) is 2.59. The van der Waals surface area contributed by atoms with E-state index in [-0.39, 0.29) is 18.0 Å². The number of nitrogens with one attached hydrogen (secondary N) is 2. The predicted octanol–water partition coefficient (Wildman–Crippen LogP) is 3.07. The molecule has 1 atom stereocenters. The molecule has 28 heavy (non-hydrogen) atoms. The minimum Gasteiger partial charge on any atom is -0.480 e. The van der Waals surface area contributed by atoms with Gasteiger partial charge in [-0.3, -0.25) is 9.59 Å². The summed E-state index contributed by atoms with van der Waals surface area (Å²) in [6.07, 6.45) is 1.80. The summed E-state index contributed by atoms with van der Waals surface area (Å²) in [7, 11) is 0. The molecule has 0 aromatic heterocycles. The lowest BCUT2D eigenvalue weighted by Crippen LogP contribution is -2.45. The number of carbonyl (C=O) groups is 3. The first-order valence-corrected chi connectivity index (χ1v) is 9.03. The van der Waals surface area contributed by atoms with Gasteiger partial charge in [-0.15, -0.1) is 0 Å². The molecule has 0 aliphatic carbocycles. The van der Waals surface area contributed by atoms with E-state index in [0.29, 0.717) is 11.1 Å². The molecule has 0 unspecified atom stereocenters. The van der Waals surface area contributed by atoms with Gasteiger partial charge in [-0.25, -0.2) is 4.79 Å². The average molecular weight is 380 g/mol. The molecule has 0 aliphatic rings. The smallest absolute Gasteiger partial charge is 0.326 e. The molecule has 0 saturated carbocycles. The SMILES string of the molecule is CC(C)C[C@H](NC(=O)/C(=C/c1ccccc1)NC(=O)c1ccccc1)C(=O)O. The minimum absolute atomic E-state index is 0.0185. The Balaban J connectivity index is 2.27. The van der Waals surface area contributed by atoms with Crippen molar-refractivity contribution in [3.8, 4) is 0 Å². The Labute approximate surface area is 164 Å². The summed E-state index contributed by atoms with van der Waals surface area (Å²) in [5.41, 5.74) is 1.08. The number of amides is 2. The van der Waals surface area contributed by atoms with Gasteiger partial charge < -0.3 is 15.7 Å². The van der Waals surface area contributed by atoms with Crippen molar-refractivity contribution in [2.24, 2.45) is 5.92 Å². The zero-order valence-electron chi connectivity index (χ0n) is 15.9. The van der Waals surface area contributed by atoms with Crippen LogP contribution in [0.4, 0.5) is 0 Å². The van der Waals surface area contributed by atoms with E-state index >= 15 is 0 Å². The molecule has 0 aliphatic heterocycles. The van der Waals surface area contributed by atoms with E-state index in [1.165, 1.54) is 6.08 Å². The van der Waals surface area contributed by atoms with Gasteiger partial charge >= 0.3 is 5.97 Å². The normalized spacial score (nSPS) is 12.3. The molecule has 6 nitrogen and oxygen atoms in total. The van der Waals surface area contributed by atoms with Crippen molar-refractivity contribution in [3.63, 3.8) is 0 Å². The molecule has 0 bridgehead atoms. The molecule has 6 heteroatoms. The highest BCUT2D eigenvalue weighted by Gasteiger charge is 2.24. The number of rotatable bonds is 8. The van der Waals surface area contributed by atoms with Crippen molar-refractivity contribution in [1.82, 2.24) is 10.6 Å². The number of hydrogen-bond acceptors (Lipinski definition) is 3. The Morgan fingerprint density at radius 2 is 1.54 bits per heavy atom. The summed E-state index contributed by atoms with van der Waals surface area (Å²) in [5, 5.41) is 14.5. The molecular weight excluding hydrogens is 356 g/mol. The number of carboxylic acids is 1. The van der Waals surface area contributed by atoms with Gasteiger partial charge in [-0.1, -0.05) is 62.4 Å². The number of carbonyl (C=O) groups excluding carboxylic acids is 2. The van der Waals surface area contributed by atoms with E-state index < -0.39 is 23.8 Å². The van der Waals surface area contributed by atoms with Gasteiger partial charge in [0, 0.05) is 5.56 Å². The Morgan fingerprint density at radius 1 is 0.964 bits per heavy atom. The lowest BCUT2D eigenvalue weighted by Gasteiger charge is -2.18. The Bertz CT molecular complexity index is 845. The second-order valence-corrected chi connectivity index (χ2v) is 6.78. The van der Waals surface area contributed by atoms with Crippen molar-refractivity contribution >= 4 is 23.9 Å². The van der Waals surface area contributed by atoms with Crippen molar-refractivity contribution < 1.29 is 19.5 Å². The summed E-state index contributed by atoms with van der Waals surface area (Å²) >= 11 is 0. The highest BCUT2D eigenvalue weighted by molar-refractivity contribution is 6.06. The lowest BCUT2D eigenvalue weighted by molar-refractivity contribution is -0.141. The van der Waals surface area contributed by atoms with Crippen LogP contribution < -0.4 is 10.6 Å². The van der Waals surface area contributed by atoms with Crippen LogP contribution in [0.5, 0.6) is 0 Å². The third kappa shape index (κ3) is 6.39. The van der Waals surface area contributed by atoms with Crippen LogP contribution in [0, 0.1) is 5.92 Å². The van der Waals surface area contributed by atoms with Gasteiger partial charge in [0.05, 0.1) is 0 Å². The molecule has 2 aromatic carbocycles. The number of hydrogen-bond donors (Lipinski definition) is 3. The Hall–Kier alpha value is -3.41. The first-order chi connectivity index (χ1) is 13.4. The van der Waals surface area contributed by atoms with Gasteiger partial charge in [0.25, 0.3) is 11.8 Å². The Morgan fingerprint density at radius 3 is 2.07 bits per heavy atom. The van der Waals surface area contributed by atoms with Crippen molar-refractivity contribution in [3.05, 3.63) is 77.5 Å². The first kappa shape index (κ1) is 20.9. The zero-order chi connectivity index (χ0) is 20.5. The fourth-order valence-corrected chi connectivity index (χ4v) is 2.59. The highest BCUT2D eigenvalue weighted by Crippen LogP contribution is 2.10. The van der Waals surface area contributed by atoms with E-state index in [1.54, 1.807) is 54.6 Å². The maximum Gasteiger partial charge on any atom is 0.326 e. The van der Waals surface area contributed by atoms with E-state index in [0.717, 1.165) is 0 Å². The summed E-state index contributed by atoms with van der Waals surface area (Å²) in [4.78, 5) is 36.7. The van der Waals surface area contributed by atoms with Gasteiger partial charge in [-0.2, -0.15) is 0 Å². The van der Waals surface area contributed by atoms with Gasteiger partial charge in [0.2, 0.25) is 0 Å². The number of aliphatic carboxylic acids is 1. The van der Waals surface area contributed by atoms with Crippen molar-refractivity contribution in [2.45, 2.75) is 26.3 Å². The van der Waals surface area contributed by atoms with Crippen LogP contribution in [0.15, 0.2) is 66.4 Å². The van der Waals surface area contributed by atoms with Crippen LogP contribution in [0.1, 0.15) is 36.2 Å². The van der Waals surface area contributed by atoms with Crippen molar-refractivity contribution in [2.75, 3.05) is 0 Å². The fraction of sp³-hybridized carbons (Fsp3) is 0.227. The largest absolute Gasteiger partial charge is 0.480 e. The summed E-state index contributed by atoms with van der Waals surface area (Å²) < 4.78 is 0. The highest BCUT2D eigenvalue weighted by atomic mass is 16.4. The van der Waals surface area contributed by atoms with Crippen LogP contribution >= 0.6 is 0 Å². The summed E-state index contributed by atoms with van der Waals surface area (Å²) in [6, 6.07) is 16.5. The molecule has 0 saturated heterocycles. The second kappa shape index (κ2) is 10.1. The summed E-state index contributed by atoms with van der Waals surface area (Å²) in [5.74, 6) is -2.13. The molecule has 0 fully saturated rings. The topological polar surface area (TPSA) is 95.5 Å². The van der Waals surface area contributed by atoms with E-state index in [2.05, 4.69) is 10.6 Å². The molecule has 2 aromatic rings. The van der Waals surface area contributed by atoms with E-state index in [4.69, 9.17) is 0 Å². The molecule has 0 spiro atoms. The van der Waals surface area contributed by atoms with Crippen LogP contribution in [-0.4, -0.2) is 28.9 Å². The molecule has 2 amide bonds.